The largest absolute Gasteiger partial charge is 0.484 e. The summed E-state index contributed by atoms with van der Waals surface area (Å²) in [6, 6.07) is 16.6. The van der Waals surface area contributed by atoms with E-state index in [4.69, 9.17) is 9.15 Å². The third kappa shape index (κ3) is 6.58. The highest BCUT2D eigenvalue weighted by Gasteiger charge is 2.26. The summed E-state index contributed by atoms with van der Waals surface area (Å²) in [5, 5.41) is 11.3. The Morgan fingerprint density at radius 1 is 1.24 bits per heavy atom. The van der Waals surface area contributed by atoms with Crippen molar-refractivity contribution >= 4 is 17.7 Å². The van der Waals surface area contributed by atoms with Crippen LogP contribution in [0.3, 0.4) is 0 Å². The number of ether oxygens (including phenoxy) is 1. The molecule has 0 spiro atoms. The third-order valence-electron chi connectivity index (χ3n) is 5.66. The van der Waals surface area contributed by atoms with E-state index in [9.17, 15) is 4.79 Å². The second kappa shape index (κ2) is 10.9. The molecule has 1 aromatic heterocycles. The maximum Gasteiger partial charge on any atom is 0.277 e. The zero-order valence-corrected chi connectivity index (χ0v) is 20.1. The number of rotatable bonds is 9. The number of thioether (sulfide) groups is 1. The van der Waals surface area contributed by atoms with Crippen molar-refractivity contribution in [1.29, 1.82) is 0 Å². The van der Waals surface area contributed by atoms with Crippen LogP contribution in [0.15, 0.2) is 58.2 Å². The van der Waals surface area contributed by atoms with Gasteiger partial charge in [-0.2, -0.15) is 0 Å². The standard InChI is InChI=1S/C25H30N4O3S/c1-17-9-10-18(2)22(13-17)31-16-23-27-28-25(32-23)33-19(3)24(30)26-21-11-12-29(15-21)14-20-7-5-4-6-8-20/h4-10,13,19,21H,11-12,14-16H2,1-3H3,(H,26,30)/t19-,21+/m1/s1. The molecule has 33 heavy (non-hydrogen) atoms. The number of likely N-dealkylation sites (tertiary alicyclic amines) is 1. The molecule has 1 N–H and O–H groups in total. The first-order valence-corrected chi connectivity index (χ1v) is 12.1. The Morgan fingerprint density at radius 2 is 2.06 bits per heavy atom. The van der Waals surface area contributed by atoms with Crippen molar-refractivity contribution in [3.8, 4) is 5.75 Å². The third-order valence-corrected chi connectivity index (χ3v) is 6.59. The molecule has 1 aliphatic rings. The molecule has 0 radical (unpaired) electrons. The van der Waals surface area contributed by atoms with Crippen LogP contribution in [0.25, 0.3) is 0 Å². The summed E-state index contributed by atoms with van der Waals surface area (Å²) in [6.45, 7) is 8.81. The summed E-state index contributed by atoms with van der Waals surface area (Å²) in [4.78, 5) is 15.1. The van der Waals surface area contributed by atoms with Gasteiger partial charge in [0.2, 0.25) is 5.91 Å². The molecule has 1 amide bonds. The van der Waals surface area contributed by atoms with E-state index in [1.807, 2.05) is 45.0 Å². The molecule has 2 heterocycles. The number of aromatic nitrogens is 2. The quantitative estimate of drug-likeness (QED) is 0.475. The summed E-state index contributed by atoms with van der Waals surface area (Å²) >= 11 is 1.27. The van der Waals surface area contributed by atoms with Gasteiger partial charge in [0.1, 0.15) is 5.75 Å². The van der Waals surface area contributed by atoms with Gasteiger partial charge in [-0.1, -0.05) is 54.2 Å². The molecular weight excluding hydrogens is 436 g/mol. The zero-order valence-electron chi connectivity index (χ0n) is 19.3. The normalized spacial score (nSPS) is 17.1. The summed E-state index contributed by atoms with van der Waals surface area (Å²) in [5.41, 5.74) is 3.47. The highest BCUT2D eigenvalue weighted by Crippen LogP contribution is 2.24. The number of benzene rings is 2. The summed E-state index contributed by atoms with van der Waals surface area (Å²) < 4.78 is 11.5. The van der Waals surface area contributed by atoms with E-state index in [2.05, 4.69) is 44.7 Å². The molecule has 4 rings (SSSR count). The Labute approximate surface area is 198 Å². The van der Waals surface area contributed by atoms with Crippen LogP contribution in [0.2, 0.25) is 0 Å². The average Bonchev–Trinajstić information content (AvgIpc) is 3.44. The van der Waals surface area contributed by atoms with E-state index < -0.39 is 0 Å². The number of carbonyl (C=O) groups is 1. The fraction of sp³-hybridized carbons (Fsp3) is 0.400. The van der Waals surface area contributed by atoms with E-state index in [0.29, 0.717) is 11.1 Å². The fourth-order valence-corrected chi connectivity index (χ4v) is 4.52. The van der Waals surface area contributed by atoms with E-state index in [-0.39, 0.29) is 23.8 Å². The van der Waals surface area contributed by atoms with Crippen LogP contribution >= 0.6 is 11.8 Å². The van der Waals surface area contributed by atoms with Gasteiger partial charge >= 0.3 is 0 Å². The van der Waals surface area contributed by atoms with E-state index in [1.54, 1.807) is 0 Å². The lowest BCUT2D eigenvalue weighted by molar-refractivity contribution is -0.120. The first-order chi connectivity index (χ1) is 16.0. The first kappa shape index (κ1) is 23.3. The number of nitrogens with zero attached hydrogens (tertiary/aromatic N) is 3. The minimum Gasteiger partial charge on any atom is -0.484 e. The van der Waals surface area contributed by atoms with Crippen LogP contribution in [-0.2, 0) is 17.9 Å². The fourth-order valence-electron chi connectivity index (χ4n) is 3.81. The van der Waals surface area contributed by atoms with E-state index in [0.717, 1.165) is 42.9 Å². The summed E-state index contributed by atoms with van der Waals surface area (Å²) in [6.07, 6.45) is 0.955. The van der Waals surface area contributed by atoms with Crippen molar-refractivity contribution in [1.82, 2.24) is 20.4 Å². The zero-order chi connectivity index (χ0) is 23.2. The number of aryl methyl sites for hydroxylation is 2. The molecule has 174 valence electrons. The Bertz CT molecular complexity index is 1070. The van der Waals surface area contributed by atoms with Gasteiger partial charge in [-0.05, 0) is 49.9 Å². The maximum absolute atomic E-state index is 12.7. The number of hydrogen-bond acceptors (Lipinski definition) is 7. The summed E-state index contributed by atoms with van der Waals surface area (Å²) in [5.74, 6) is 1.17. The Morgan fingerprint density at radius 3 is 2.88 bits per heavy atom. The Hall–Kier alpha value is -2.84. The van der Waals surface area contributed by atoms with Crippen LogP contribution in [0.5, 0.6) is 5.75 Å². The van der Waals surface area contributed by atoms with Gasteiger partial charge < -0.3 is 14.5 Å². The molecule has 2 atom stereocenters. The summed E-state index contributed by atoms with van der Waals surface area (Å²) in [7, 11) is 0. The maximum atomic E-state index is 12.7. The molecule has 0 unspecified atom stereocenters. The van der Waals surface area contributed by atoms with Gasteiger partial charge in [0.15, 0.2) is 6.61 Å². The van der Waals surface area contributed by atoms with Crippen molar-refractivity contribution in [3.05, 3.63) is 71.1 Å². The number of nitrogens with one attached hydrogen (secondary N) is 1. The predicted octanol–water partition coefficient (Wildman–Crippen LogP) is 4.14. The molecule has 8 heteroatoms. The van der Waals surface area contributed by atoms with Crippen molar-refractivity contribution in [2.45, 2.75) is 56.9 Å². The van der Waals surface area contributed by atoms with E-state index in [1.165, 1.54) is 17.3 Å². The molecule has 3 aromatic rings. The second-order valence-electron chi connectivity index (χ2n) is 8.49. The minimum atomic E-state index is -0.332. The highest BCUT2D eigenvalue weighted by molar-refractivity contribution is 8.00. The van der Waals surface area contributed by atoms with Gasteiger partial charge in [0, 0.05) is 25.7 Å². The van der Waals surface area contributed by atoms with Crippen molar-refractivity contribution in [3.63, 3.8) is 0 Å². The first-order valence-electron chi connectivity index (χ1n) is 11.2. The lowest BCUT2D eigenvalue weighted by atomic mass is 10.1. The predicted molar refractivity (Wildman–Crippen MR) is 128 cm³/mol. The molecule has 1 fully saturated rings. The Balaban J connectivity index is 1.22. The monoisotopic (exact) mass is 466 g/mol. The van der Waals surface area contributed by atoms with Crippen LogP contribution in [0.1, 0.15) is 35.9 Å². The van der Waals surface area contributed by atoms with Crippen LogP contribution < -0.4 is 10.1 Å². The lowest BCUT2D eigenvalue weighted by Gasteiger charge is -2.18. The van der Waals surface area contributed by atoms with Crippen molar-refractivity contribution < 1.29 is 13.9 Å². The number of amides is 1. The molecule has 7 nitrogen and oxygen atoms in total. The van der Waals surface area contributed by atoms with Crippen molar-refractivity contribution in [2.75, 3.05) is 13.1 Å². The minimum absolute atomic E-state index is 0.0158. The number of carbonyl (C=O) groups excluding carboxylic acids is 1. The van der Waals surface area contributed by atoms with Crippen LogP contribution in [0.4, 0.5) is 0 Å². The molecule has 0 saturated carbocycles. The van der Waals surface area contributed by atoms with Crippen LogP contribution in [0, 0.1) is 13.8 Å². The highest BCUT2D eigenvalue weighted by atomic mass is 32.2. The molecule has 2 aromatic carbocycles. The molecule has 1 saturated heterocycles. The molecule has 0 aliphatic carbocycles. The lowest BCUT2D eigenvalue weighted by Crippen LogP contribution is -2.40. The SMILES string of the molecule is Cc1ccc(C)c(OCc2nnc(S[C@H](C)C(=O)N[C@H]3CCN(Cc4ccccc4)C3)o2)c1. The van der Waals surface area contributed by atoms with Gasteiger partial charge in [0.25, 0.3) is 11.1 Å². The van der Waals surface area contributed by atoms with Crippen molar-refractivity contribution in [2.24, 2.45) is 0 Å². The smallest absolute Gasteiger partial charge is 0.277 e. The van der Waals surface area contributed by atoms with E-state index >= 15 is 0 Å². The molecule has 1 aliphatic heterocycles. The van der Waals surface area contributed by atoms with Gasteiger partial charge in [-0.3, -0.25) is 9.69 Å². The molecule has 0 bridgehead atoms. The van der Waals surface area contributed by atoms with Gasteiger partial charge in [-0.25, -0.2) is 0 Å². The second-order valence-corrected chi connectivity index (χ2v) is 9.79. The Kier molecular flexibility index (Phi) is 7.67. The topological polar surface area (TPSA) is 80.5 Å². The van der Waals surface area contributed by atoms with Gasteiger partial charge in [-0.15, -0.1) is 10.2 Å². The number of hydrogen-bond donors (Lipinski definition) is 1. The van der Waals surface area contributed by atoms with Gasteiger partial charge in [0.05, 0.1) is 5.25 Å². The van der Waals surface area contributed by atoms with Crippen LogP contribution in [-0.4, -0.2) is 45.4 Å². The molecular formula is C25H30N4O3S. The average molecular weight is 467 g/mol.